The van der Waals surface area contributed by atoms with E-state index in [1.54, 1.807) is 0 Å². The van der Waals surface area contributed by atoms with E-state index in [1.807, 2.05) is 0 Å². The van der Waals surface area contributed by atoms with Gasteiger partial charge in [-0.2, -0.15) is 0 Å². The minimum Gasteiger partial charge on any atom is -0.368 e. The molecule has 0 saturated carbocycles. The molecule has 1 aromatic rings. The summed E-state index contributed by atoms with van der Waals surface area (Å²) < 4.78 is 5.62. The molecule has 1 saturated heterocycles. The van der Waals surface area contributed by atoms with E-state index in [0.29, 0.717) is 22.7 Å². The van der Waals surface area contributed by atoms with Crippen LogP contribution in [0.3, 0.4) is 0 Å². The zero-order valence-corrected chi connectivity index (χ0v) is 10.5. The fourth-order valence-corrected chi connectivity index (χ4v) is 2.13. The number of morpholine rings is 1. The van der Waals surface area contributed by atoms with Crippen LogP contribution in [0, 0.1) is 0 Å². The molecule has 6 heteroatoms. The van der Waals surface area contributed by atoms with E-state index in [4.69, 9.17) is 27.9 Å². The Morgan fingerprint density at radius 1 is 1.44 bits per heavy atom. The van der Waals surface area contributed by atoms with Gasteiger partial charge in [0, 0.05) is 19.2 Å². The van der Waals surface area contributed by atoms with Gasteiger partial charge in [0.1, 0.15) is 16.4 Å². The van der Waals surface area contributed by atoms with E-state index in [1.165, 1.54) is 6.07 Å². The van der Waals surface area contributed by atoms with E-state index >= 15 is 0 Å². The number of hydrogen-bond donors (Lipinski definition) is 0. The lowest BCUT2D eigenvalue weighted by molar-refractivity contribution is -0.0325. The van der Waals surface area contributed by atoms with Crippen LogP contribution < -0.4 is 0 Å². The lowest BCUT2D eigenvalue weighted by Crippen LogP contribution is -2.38. The van der Waals surface area contributed by atoms with Crippen LogP contribution in [0.4, 0.5) is 0 Å². The van der Waals surface area contributed by atoms with Crippen molar-refractivity contribution in [1.29, 1.82) is 0 Å². The lowest BCUT2D eigenvalue weighted by Gasteiger charge is -2.31. The molecule has 88 valence electrons. The Bertz CT molecular complexity index is 355. The second-order valence-electron chi connectivity index (χ2n) is 3.62. The van der Waals surface area contributed by atoms with Gasteiger partial charge >= 0.3 is 0 Å². The Morgan fingerprint density at radius 2 is 2.12 bits per heavy atom. The third kappa shape index (κ3) is 2.83. The summed E-state index contributed by atoms with van der Waals surface area (Å²) in [6, 6.07) is 1.52. The summed E-state index contributed by atoms with van der Waals surface area (Å²) in [7, 11) is 0. The maximum Gasteiger partial charge on any atom is 0.161 e. The fourth-order valence-electron chi connectivity index (χ4n) is 1.70. The Kier molecular flexibility index (Phi) is 3.97. The molecule has 1 aromatic heterocycles. The third-order valence-electron chi connectivity index (χ3n) is 2.57. The number of ether oxygens (including phenoxy) is 1. The highest BCUT2D eigenvalue weighted by atomic mass is 35.5. The van der Waals surface area contributed by atoms with Gasteiger partial charge in [-0.3, -0.25) is 4.90 Å². The standard InChI is InChI=1S/C10H13Cl2N3O/c1-2-15-3-4-16-7(6-15)10-13-8(11)5-9(12)14-10/h5,7H,2-4,6H2,1H3. The molecule has 1 unspecified atom stereocenters. The van der Waals surface area contributed by atoms with Gasteiger partial charge in [0.15, 0.2) is 5.82 Å². The van der Waals surface area contributed by atoms with Crippen LogP contribution in [0.5, 0.6) is 0 Å². The topological polar surface area (TPSA) is 38.2 Å². The van der Waals surface area contributed by atoms with Gasteiger partial charge in [-0.15, -0.1) is 0 Å². The van der Waals surface area contributed by atoms with Crippen molar-refractivity contribution in [2.24, 2.45) is 0 Å². The van der Waals surface area contributed by atoms with Crippen molar-refractivity contribution in [3.63, 3.8) is 0 Å². The first-order chi connectivity index (χ1) is 7.69. The van der Waals surface area contributed by atoms with Crippen LogP contribution in [0.25, 0.3) is 0 Å². The van der Waals surface area contributed by atoms with Crippen molar-refractivity contribution in [1.82, 2.24) is 14.9 Å². The van der Waals surface area contributed by atoms with Gasteiger partial charge in [-0.1, -0.05) is 30.1 Å². The quantitative estimate of drug-likeness (QED) is 0.766. The molecule has 16 heavy (non-hydrogen) atoms. The molecule has 1 atom stereocenters. The summed E-state index contributed by atoms with van der Waals surface area (Å²) in [5, 5.41) is 0.708. The number of aromatic nitrogens is 2. The lowest BCUT2D eigenvalue weighted by atomic mass is 10.2. The van der Waals surface area contributed by atoms with Crippen LogP contribution in [0.15, 0.2) is 6.07 Å². The van der Waals surface area contributed by atoms with Gasteiger partial charge in [-0.25, -0.2) is 9.97 Å². The monoisotopic (exact) mass is 261 g/mol. The molecule has 2 heterocycles. The second kappa shape index (κ2) is 5.27. The first-order valence-corrected chi connectivity index (χ1v) is 5.98. The van der Waals surface area contributed by atoms with Crippen molar-refractivity contribution >= 4 is 23.2 Å². The van der Waals surface area contributed by atoms with Gasteiger partial charge in [0.25, 0.3) is 0 Å². The SMILES string of the molecule is CCN1CCOC(c2nc(Cl)cc(Cl)n2)C1. The molecule has 0 aliphatic carbocycles. The Labute approximate surface area is 105 Å². The number of likely N-dealkylation sites (N-methyl/N-ethyl adjacent to an activating group) is 1. The maximum atomic E-state index is 5.83. The second-order valence-corrected chi connectivity index (χ2v) is 4.40. The summed E-state index contributed by atoms with van der Waals surface area (Å²) in [5.74, 6) is 0.565. The fraction of sp³-hybridized carbons (Fsp3) is 0.600. The van der Waals surface area contributed by atoms with Crippen molar-refractivity contribution in [2.75, 3.05) is 26.2 Å². The minimum absolute atomic E-state index is 0.134. The zero-order valence-electron chi connectivity index (χ0n) is 8.99. The minimum atomic E-state index is -0.134. The Morgan fingerprint density at radius 3 is 2.75 bits per heavy atom. The molecule has 0 aromatic carbocycles. The Balaban J connectivity index is 2.16. The molecule has 4 nitrogen and oxygen atoms in total. The van der Waals surface area contributed by atoms with Crippen molar-refractivity contribution in [3.05, 3.63) is 22.2 Å². The van der Waals surface area contributed by atoms with Gasteiger partial charge < -0.3 is 4.74 Å². The number of halogens is 2. The molecular formula is C10H13Cl2N3O. The summed E-state index contributed by atoms with van der Waals surface area (Å²) in [4.78, 5) is 10.6. The van der Waals surface area contributed by atoms with Crippen LogP contribution in [-0.4, -0.2) is 41.1 Å². The summed E-state index contributed by atoms with van der Waals surface area (Å²) in [6.07, 6.45) is -0.134. The summed E-state index contributed by atoms with van der Waals surface area (Å²) >= 11 is 11.7. The summed E-state index contributed by atoms with van der Waals surface area (Å²) in [6.45, 7) is 5.53. The molecule has 1 aliphatic heterocycles. The van der Waals surface area contributed by atoms with Gasteiger partial charge in [0.2, 0.25) is 0 Å². The van der Waals surface area contributed by atoms with Crippen LogP contribution in [-0.2, 0) is 4.74 Å². The molecule has 0 amide bonds. The molecule has 1 aliphatic rings. The normalized spacial score (nSPS) is 22.3. The molecule has 2 rings (SSSR count). The predicted octanol–water partition coefficient (Wildman–Crippen LogP) is 2.18. The summed E-state index contributed by atoms with van der Waals surface area (Å²) in [5.41, 5.74) is 0. The van der Waals surface area contributed by atoms with Gasteiger partial charge in [-0.05, 0) is 6.54 Å². The third-order valence-corrected chi connectivity index (χ3v) is 2.95. The van der Waals surface area contributed by atoms with Gasteiger partial charge in [0.05, 0.1) is 6.61 Å². The first-order valence-electron chi connectivity index (χ1n) is 5.23. The van der Waals surface area contributed by atoms with Crippen molar-refractivity contribution < 1.29 is 4.74 Å². The Hall–Kier alpha value is -0.420. The van der Waals surface area contributed by atoms with Crippen molar-refractivity contribution in [2.45, 2.75) is 13.0 Å². The van der Waals surface area contributed by atoms with E-state index in [0.717, 1.165) is 19.6 Å². The molecule has 1 fully saturated rings. The predicted molar refractivity (Wildman–Crippen MR) is 62.9 cm³/mol. The van der Waals surface area contributed by atoms with E-state index in [9.17, 15) is 0 Å². The van der Waals surface area contributed by atoms with Crippen LogP contribution >= 0.6 is 23.2 Å². The zero-order chi connectivity index (χ0) is 11.5. The highest BCUT2D eigenvalue weighted by Gasteiger charge is 2.23. The van der Waals surface area contributed by atoms with E-state index in [-0.39, 0.29) is 6.10 Å². The molecular weight excluding hydrogens is 249 g/mol. The number of nitrogens with zero attached hydrogens (tertiary/aromatic N) is 3. The smallest absolute Gasteiger partial charge is 0.161 e. The van der Waals surface area contributed by atoms with Crippen LogP contribution in [0.2, 0.25) is 10.3 Å². The largest absolute Gasteiger partial charge is 0.368 e. The first kappa shape index (κ1) is 12.0. The number of rotatable bonds is 2. The number of hydrogen-bond acceptors (Lipinski definition) is 4. The average Bonchev–Trinajstić information content (AvgIpc) is 2.28. The van der Waals surface area contributed by atoms with E-state index in [2.05, 4.69) is 21.8 Å². The highest BCUT2D eigenvalue weighted by molar-refractivity contribution is 6.33. The molecule has 0 radical (unpaired) electrons. The van der Waals surface area contributed by atoms with Crippen LogP contribution in [0.1, 0.15) is 18.9 Å². The average molecular weight is 262 g/mol. The molecule has 0 bridgehead atoms. The van der Waals surface area contributed by atoms with Crippen molar-refractivity contribution in [3.8, 4) is 0 Å². The van der Waals surface area contributed by atoms with E-state index < -0.39 is 0 Å². The molecule has 0 N–H and O–H groups in total. The highest BCUT2D eigenvalue weighted by Crippen LogP contribution is 2.22. The maximum absolute atomic E-state index is 5.83. The molecule has 0 spiro atoms.